The molecule has 0 heterocycles. The van der Waals surface area contributed by atoms with E-state index in [9.17, 15) is 0 Å². The maximum Gasteiger partial charge on any atom is 0.208 e. The highest BCUT2D eigenvalue weighted by Gasteiger charge is 2.27. The third-order valence-electron chi connectivity index (χ3n) is 11.1. The predicted molar refractivity (Wildman–Crippen MR) is 320 cm³/mol. The van der Waals surface area contributed by atoms with E-state index >= 15 is 0 Å². The fourth-order valence-electron chi connectivity index (χ4n) is 6.61. The van der Waals surface area contributed by atoms with Gasteiger partial charge >= 0.3 is 0 Å². The molecule has 5 aromatic rings. The van der Waals surface area contributed by atoms with Crippen LogP contribution in [0, 0.1) is 11.5 Å². The van der Waals surface area contributed by atoms with E-state index in [0.717, 1.165) is 27.8 Å². The lowest BCUT2D eigenvalue weighted by molar-refractivity contribution is 0.516. The van der Waals surface area contributed by atoms with Gasteiger partial charge in [0, 0.05) is 38.3 Å². The number of hydrogen-bond donors (Lipinski definition) is 2. The summed E-state index contributed by atoms with van der Waals surface area (Å²) in [6, 6.07) is 24.1. The molecule has 0 aromatic heterocycles. The minimum absolute atomic E-state index is 0.0130. The molecule has 5 aromatic carbocycles. The number of alkyl halides is 1. The predicted octanol–water partition coefficient (Wildman–Crippen LogP) is 18.9. The Hall–Kier alpha value is -3.07. The van der Waals surface area contributed by atoms with E-state index in [1.807, 2.05) is 52.5 Å². The minimum Gasteiger partial charge on any atom is -0.369 e. The van der Waals surface area contributed by atoms with E-state index in [1.165, 1.54) is 22.3 Å². The molecule has 2 nitrogen and oxygen atoms in total. The second-order valence-electron chi connectivity index (χ2n) is 23.0. The molecular weight excluding hydrogens is 1110 g/mol. The van der Waals surface area contributed by atoms with Gasteiger partial charge in [-0.05, 0) is 133 Å². The van der Waals surface area contributed by atoms with Crippen molar-refractivity contribution in [1.29, 1.82) is 0 Å². The molecule has 0 fully saturated rings. The topological polar surface area (TPSA) is 52.0 Å². The standard InChI is InChI=1S/C31H40.C20H26N.C10H13Br.CH3I.H2IN/c1-29(2,3)25-15-10-22(11-16-25)20-24-14-19-27(31(7,8)9)21-28(24)23-12-17-26(18-13-23)30(4,5)6;1-19(2,3)15-9-7-14(8-10-15)17-13-16(20(4,5)6)11-12-18(17)21;1-10(2,3)8-4-6-9(11)7-5-8;2*1-2/h10-19,21H,20H2,1-9H3;7-11,13H,21H2,1-6H3;4-7H,1-3H3;1H3;2H2/q;+1;;;/i10D,11D,15D,16D;;4D,5D,6D,7D;;. The Morgan fingerprint density at radius 1 is 0.493 bits per heavy atom. The van der Waals surface area contributed by atoms with Gasteiger partial charge in [-0.3, -0.25) is 3.95 Å². The molecule has 0 spiro atoms. The quantitative estimate of drug-likeness (QED) is 0.0815. The molecular formula is C62H84BrI2N2+. The molecule has 0 saturated carbocycles. The summed E-state index contributed by atoms with van der Waals surface area (Å²) < 4.78 is 70.3. The molecule has 0 unspecified atom stereocenters. The average molecular weight is 1200 g/mol. The maximum absolute atomic E-state index is 8.73. The third kappa shape index (κ3) is 19.0. The van der Waals surface area contributed by atoms with Crippen LogP contribution in [0.5, 0.6) is 0 Å². The second kappa shape index (κ2) is 25.2. The van der Waals surface area contributed by atoms with Gasteiger partial charge in [0.05, 0.1) is 28.7 Å². The zero-order valence-electron chi connectivity index (χ0n) is 52.0. The summed E-state index contributed by atoms with van der Waals surface area (Å²) in [5, 5.41) is 0. The highest BCUT2D eigenvalue weighted by molar-refractivity contribution is 14.1. The van der Waals surface area contributed by atoms with Gasteiger partial charge in [0.15, 0.2) is 0 Å². The van der Waals surface area contributed by atoms with Crippen LogP contribution in [-0.2, 0) is 33.5 Å². The Morgan fingerprint density at radius 2 is 0.866 bits per heavy atom. The lowest BCUT2D eigenvalue weighted by atomic mass is 9.81. The molecule has 0 bridgehead atoms. The first kappa shape index (κ1) is 47.6. The van der Waals surface area contributed by atoms with Crippen LogP contribution < -0.4 is 9.68 Å². The summed E-state index contributed by atoms with van der Waals surface area (Å²) in [6.07, 6.45) is 7.74. The number of rotatable bonds is 4. The molecule has 0 atom stereocenters. The van der Waals surface area contributed by atoms with Gasteiger partial charge in [0.1, 0.15) is 11.6 Å². The van der Waals surface area contributed by atoms with E-state index in [0.29, 0.717) is 28.8 Å². The first-order chi connectivity index (χ1) is 34.2. The smallest absolute Gasteiger partial charge is 0.208 e. The number of halogens is 3. The van der Waals surface area contributed by atoms with Crippen molar-refractivity contribution in [2.45, 2.75) is 158 Å². The summed E-state index contributed by atoms with van der Waals surface area (Å²) >= 11 is 6.87. The van der Waals surface area contributed by atoms with Gasteiger partial charge in [0.25, 0.3) is 0 Å². The first-order valence-electron chi connectivity index (χ1n) is 26.8. The molecule has 6 rings (SSSR count). The Kier molecular flexibility index (Phi) is 17.9. The van der Waals surface area contributed by atoms with E-state index < -0.39 is 5.41 Å². The number of hydrogen-bond acceptors (Lipinski definition) is 2. The van der Waals surface area contributed by atoms with Gasteiger partial charge in [-0.25, -0.2) is 0 Å². The van der Waals surface area contributed by atoms with Gasteiger partial charge in [0.2, 0.25) is 5.70 Å². The van der Waals surface area contributed by atoms with Crippen molar-refractivity contribution in [1.82, 2.24) is 0 Å². The molecule has 0 amide bonds. The van der Waals surface area contributed by atoms with Crippen molar-refractivity contribution in [3.8, 4) is 11.1 Å². The van der Waals surface area contributed by atoms with Gasteiger partial charge in [-0.2, -0.15) is 0 Å². The van der Waals surface area contributed by atoms with Crippen molar-refractivity contribution in [3.63, 3.8) is 0 Å². The van der Waals surface area contributed by atoms with Crippen LogP contribution in [0.3, 0.4) is 0 Å². The van der Waals surface area contributed by atoms with Crippen LogP contribution >= 0.6 is 61.4 Å². The van der Waals surface area contributed by atoms with Crippen molar-refractivity contribution in [3.05, 3.63) is 194 Å². The molecule has 1 aliphatic rings. The van der Waals surface area contributed by atoms with Crippen LogP contribution in [0.15, 0.2) is 143 Å². The number of nitrogens with two attached hydrogens (primary N) is 2. The Bertz CT molecular complexity index is 2800. The molecule has 4 N–H and O–H groups in total. The van der Waals surface area contributed by atoms with Crippen molar-refractivity contribution in [2.24, 2.45) is 15.1 Å². The molecule has 0 radical (unpaired) electrons. The van der Waals surface area contributed by atoms with Crippen LogP contribution in [0.1, 0.15) is 180 Å². The van der Waals surface area contributed by atoms with Crippen LogP contribution in [-0.4, -0.2) is 4.93 Å². The monoisotopic (exact) mass is 1200 g/mol. The van der Waals surface area contributed by atoms with Crippen molar-refractivity contribution < 1.29 is 11.0 Å². The molecule has 5 heteroatoms. The van der Waals surface area contributed by atoms with E-state index in [2.05, 4.69) is 204 Å². The van der Waals surface area contributed by atoms with Gasteiger partial charge < -0.3 is 5.73 Å². The molecule has 362 valence electrons. The van der Waals surface area contributed by atoms with Crippen LogP contribution in [0.25, 0.3) is 16.7 Å². The average Bonchev–Trinajstić information content (AvgIpc) is 3.31. The zero-order chi connectivity index (χ0) is 58.3. The highest BCUT2D eigenvalue weighted by atomic mass is 127. The van der Waals surface area contributed by atoms with Gasteiger partial charge in [-0.1, -0.05) is 233 Å². The second-order valence-corrected chi connectivity index (χ2v) is 23.8. The van der Waals surface area contributed by atoms with E-state index in [-0.39, 0.29) is 79.9 Å². The van der Waals surface area contributed by atoms with Crippen molar-refractivity contribution >= 4 is 67.0 Å². The minimum atomic E-state index is -0.466. The zero-order valence-corrected chi connectivity index (χ0v) is 49.9. The number of benzene rings is 5. The van der Waals surface area contributed by atoms with Gasteiger partial charge in [-0.15, -0.1) is 0 Å². The molecule has 67 heavy (non-hydrogen) atoms. The lowest BCUT2D eigenvalue weighted by Gasteiger charge is -2.23. The summed E-state index contributed by atoms with van der Waals surface area (Å²) in [5.74, 6) is 0. The normalized spacial score (nSPS) is 14.6. The largest absolute Gasteiger partial charge is 0.369 e. The molecule has 1 aliphatic carbocycles. The van der Waals surface area contributed by atoms with E-state index in [1.54, 1.807) is 22.9 Å². The molecule has 0 aliphatic heterocycles. The Balaban J connectivity index is 0.000000408. The summed E-state index contributed by atoms with van der Waals surface area (Å²) in [6.45, 7) is 37.9. The Labute approximate surface area is 457 Å². The molecule has 0 saturated heterocycles. The summed E-state index contributed by atoms with van der Waals surface area (Å²) in [4.78, 5) is 1.97. The summed E-state index contributed by atoms with van der Waals surface area (Å²) in [5.41, 5.74) is 18.2. The number of allylic oxidation sites excluding steroid dienone is 5. The van der Waals surface area contributed by atoms with Crippen LogP contribution in [0.4, 0.5) is 0 Å². The third-order valence-corrected chi connectivity index (χ3v) is 11.5. The SMILES string of the molecule is CC(C)(C)C1=CC(c2ccc(C(C)(C)C)cc2)=C(N)[C+]=C1.CI.NI.[2H]c1c([2H])c(C(C)(C)C)c([2H])c([2H])c1Br.[2H]c1c([2H])c(C(C)(C)C)c([2H])c([2H])c1Cc1ccc(C(C)(C)C)cc1-c1ccc(C(C)(C)C)cc1. The first-order valence-corrected chi connectivity index (χ1v) is 27.0. The maximum atomic E-state index is 8.73. The van der Waals surface area contributed by atoms with Crippen LogP contribution in [0.2, 0.25) is 0 Å². The lowest BCUT2D eigenvalue weighted by Crippen LogP contribution is -2.13. The summed E-state index contributed by atoms with van der Waals surface area (Å²) in [7, 11) is 0. The fourth-order valence-corrected chi connectivity index (χ4v) is 6.81. The highest BCUT2D eigenvalue weighted by Crippen LogP contribution is 2.36. The fraction of sp³-hybridized carbons (Fsp3) is 0.419. The van der Waals surface area contributed by atoms with Crippen molar-refractivity contribution in [2.75, 3.05) is 4.93 Å². The van der Waals surface area contributed by atoms with E-state index in [4.69, 9.17) is 16.7 Å². The Morgan fingerprint density at radius 3 is 1.25 bits per heavy atom.